The minimum Gasteiger partial charge on any atom is -0.361 e. The molecule has 0 amide bonds. The molecule has 20 heavy (non-hydrogen) atoms. The van der Waals surface area contributed by atoms with Gasteiger partial charge in [0, 0.05) is 52.5 Å². The van der Waals surface area contributed by atoms with Crippen molar-refractivity contribution in [3.05, 3.63) is 65.7 Å². The van der Waals surface area contributed by atoms with Gasteiger partial charge < -0.3 is 9.97 Å². The van der Waals surface area contributed by atoms with Gasteiger partial charge in [-0.1, -0.05) is 12.1 Å². The van der Waals surface area contributed by atoms with E-state index in [1.807, 2.05) is 18.5 Å². The highest BCUT2D eigenvalue weighted by Crippen LogP contribution is 2.22. The second-order valence-electron chi connectivity index (χ2n) is 5.28. The Hall–Kier alpha value is -2.55. The molecule has 0 bridgehead atoms. The van der Waals surface area contributed by atoms with Crippen LogP contribution in [0.2, 0.25) is 0 Å². The maximum atomic E-state index is 4.54. The smallest absolute Gasteiger partial charge is 0.0487 e. The molecule has 3 aromatic heterocycles. The van der Waals surface area contributed by atoms with Crippen LogP contribution in [0.15, 0.2) is 48.9 Å². The quantitative estimate of drug-likeness (QED) is 0.564. The fraction of sp³-hybridized carbons (Fsp3) is 0.118. The lowest BCUT2D eigenvalue weighted by Gasteiger charge is -2.01. The van der Waals surface area contributed by atoms with Gasteiger partial charge in [-0.05, 0) is 36.2 Å². The van der Waals surface area contributed by atoms with Crippen LogP contribution in [0.5, 0.6) is 0 Å². The molecule has 0 fully saturated rings. The van der Waals surface area contributed by atoms with E-state index >= 15 is 0 Å². The van der Waals surface area contributed by atoms with E-state index in [1.165, 1.54) is 22.0 Å². The summed E-state index contributed by atoms with van der Waals surface area (Å²) in [6, 6.07) is 10.7. The molecule has 2 N–H and O–H groups in total. The monoisotopic (exact) mass is 261 g/mol. The second-order valence-corrected chi connectivity index (χ2v) is 5.28. The van der Waals surface area contributed by atoms with E-state index in [9.17, 15) is 0 Å². The number of fused-ring (bicyclic) bond motifs is 2. The third kappa shape index (κ3) is 1.79. The first-order valence-electron chi connectivity index (χ1n) is 6.78. The maximum Gasteiger partial charge on any atom is 0.0487 e. The van der Waals surface area contributed by atoms with Gasteiger partial charge in [0.2, 0.25) is 0 Å². The molecule has 0 radical (unpaired) electrons. The molecule has 0 saturated heterocycles. The van der Waals surface area contributed by atoms with Crippen molar-refractivity contribution < 1.29 is 0 Å². The summed E-state index contributed by atoms with van der Waals surface area (Å²) in [5.74, 6) is 0. The van der Waals surface area contributed by atoms with Crippen LogP contribution in [-0.4, -0.2) is 15.0 Å². The van der Waals surface area contributed by atoms with E-state index in [0.29, 0.717) is 0 Å². The molecule has 1 aromatic carbocycles. The Labute approximate surface area is 116 Å². The molecule has 4 aromatic rings. The zero-order valence-corrected chi connectivity index (χ0v) is 11.3. The molecule has 3 heterocycles. The fourth-order valence-electron chi connectivity index (χ4n) is 2.73. The first-order valence-corrected chi connectivity index (χ1v) is 6.78. The lowest BCUT2D eigenvalue weighted by Crippen LogP contribution is -1.91. The first kappa shape index (κ1) is 11.3. The number of nitrogens with one attached hydrogen (secondary N) is 2. The van der Waals surface area contributed by atoms with Crippen LogP contribution in [0.3, 0.4) is 0 Å². The average Bonchev–Trinajstić information content (AvgIpc) is 3.05. The molecule has 0 aliphatic heterocycles. The molecular weight excluding hydrogens is 246 g/mol. The van der Waals surface area contributed by atoms with Gasteiger partial charge in [0.25, 0.3) is 0 Å². The third-order valence-electron chi connectivity index (χ3n) is 3.79. The highest BCUT2D eigenvalue weighted by molar-refractivity contribution is 5.84. The topological polar surface area (TPSA) is 44.5 Å². The van der Waals surface area contributed by atoms with E-state index in [2.05, 4.69) is 52.3 Å². The van der Waals surface area contributed by atoms with Crippen molar-refractivity contribution in [2.45, 2.75) is 13.3 Å². The predicted molar refractivity (Wildman–Crippen MR) is 81.9 cm³/mol. The fourth-order valence-corrected chi connectivity index (χ4v) is 2.73. The zero-order chi connectivity index (χ0) is 13.5. The molecule has 0 aliphatic rings. The molecule has 4 rings (SSSR count). The summed E-state index contributed by atoms with van der Waals surface area (Å²) in [4.78, 5) is 11.1. The van der Waals surface area contributed by atoms with E-state index in [-0.39, 0.29) is 0 Å². The van der Waals surface area contributed by atoms with Gasteiger partial charge in [-0.25, -0.2) is 0 Å². The SMILES string of the molecule is Cc1ccc2c(Cc3cc4[nH]ccc4cn3)c[nH]c2c1. The van der Waals surface area contributed by atoms with E-state index < -0.39 is 0 Å². The van der Waals surface area contributed by atoms with Gasteiger partial charge in [-0.3, -0.25) is 4.98 Å². The summed E-state index contributed by atoms with van der Waals surface area (Å²) in [6.07, 6.45) is 6.81. The molecule has 3 nitrogen and oxygen atoms in total. The van der Waals surface area contributed by atoms with Gasteiger partial charge in [-0.2, -0.15) is 0 Å². The predicted octanol–water partition coefficient (Wildman–Crippen LogP) is 3.94. The van der Waals surface area contributed by atoms with Gasteiger partial charge in [0.05, 0.1) is 0 Å². The number of hydrogen-bond donors (Lipinski definition) is 2. The van der Waals surface area contributed by atoms with E-state index in [1.54, 1.807) is 0 Å². The number of rotatable bonds is 2. The Morgan fingerprint density at radius 3 is 2.95 bits per heavy atom. The second kappa shape index (κ2) is 4.23. The summed E-state index contributed by atoms with van der Waals surface area (Å²) in [7, 11) is 0. The van der Waals surface area contributed by atoms with Crippen molar-refractivity contribution in [2.24, 2.45) is 0 Å². The maximum absolute atomic E-state index is 4.54. The Morgan fingerprint density at radius 1 is 1.05 bits per heavy atom. The first-order chi connectivity index (χ1) is 9.79. The molecule has 0 spiro atoms. The highest BCUT2D eigenvalue weighted by atomic mass is 14.7. The van der Waals surface area contributed by atoms with Crippen LogP contribution in [0.4, 0.5) is 0 Å². The summed E-state index contributed by atoms with van der Waals surface area (Å²) in [5.41, 5.74) is 5.99. The van der Waals surface area contributed by atoms with Crippen LogP contribution >= 0.6 is 0 Å². The van der Waals surface area contributed by atoms with Crippen LogP contribution in [-0.2, 0) is 6.42 Å². The average molecular weight is 261 g/mol. The standard InChI is InChI=1S/C17H15N3/c1-11-2-3-15-13(10-20-17(15)6-11)7-14-8-16-12(9-19-14)4-5-18-16/h2-6,8-10,18,20H,7H2,1H3. The van der Waals surface area contributed by atoms with Crippen molar-refractivity contribution in [2.75, 3.05) is 0 Å². The van der Waals surface area contributed by atoms with Crippen molar-refractivity contribution in [3.63, 3.8) is 0 Å². The number of aromatic nitrogens is 3. The van der Waals surface area contributed by atoms with Gasteiger partial charge in [-0.15, -0.1) is 0 Å². The Bertz CT molecular complexity index is 899. The highest BCUT2D eigenvalue weighted by Gasteiger charge is 2.06. The van der Waals surface area contributed by atoms with Crippen LogP contribution in [0, 0.1) is 6.92 Å². The number of hydrogen-bond acceptors (Lipinski definition) is 1. The van der Waals surface area contributed by atoms with Crippen LogP contribution in [0.1, 0.15) is 16.8 Å². The molecule has 0 atom stereocenters. The Balaban J connectivity index is 1.76. The number of benzene rings is 1. The van der Waals surface area contributed by atoms with Crippen molar-refractivity contribution >= 4 is 21.8 Å². The summed E-state index contributed by atoms with van der Waals surface area (Å²) in [6.45, 7) is 2.11. The number of aryl methyl sites for hydroxylation is 1. The van der Waals surface area contributed by atoms with E-state index in [0.717, 1.165) is 23.0 Å². The van der Waals surface area contributed by atoms with Crippen LogP contribution < -0.4 is 0 Å². The molecule has 0 unspecified atom stereocenters. The van der Waals surface area contributed by atoms with Gasteiger partial charge in [0.15, 0.2) is 0 Å². The number of aromatic amines is 2. The Morgan fingerprint density at radius 2 is 2.00 bits per heavy atom. The third-order valence-corrected chi connectivity index (χ3v) is 3.79. The number of pyridine rings is 1. The lowest BCUT2D eigenvalue weighted by molar-refractivity contribution is 1.09. The number of nitrogens with zero attached hydrogens (tertiary/aromatic N) is 1. The minimum atomic E-state index is 0.845. The Kier molecular flexibility index (Phi) is 2.39. The van der Waals surface area contributed by atoms with Crippen molar-refractivity contribution in [1.82, 2.24) is 15.0 Å². The lowest BCUT2D eigenvalue weighted by atomic mass is 10.1. The summed E-state index contributed by atoms with van der Waals surface area (Å²) < 4.78 is 0. The van der Waals surface area contributed by atoms with Gasteiger partial charge >= 0.3 is 0 Å². The normalized spacial score (nSPS) is 11.4. The van der Waals surface area contributed by atoms with E-state index in [4.69, 9.17) is 0 Å². The van der Waals surface area contributed by atoms with Gasteiger partial charge in [0.1, 0.15) is 0 Å². The summed E-state index contributed by atoms with van der Waals surface area (Å²) in [5, 5.41) is 2.44. The van der Waals surface area contributed by atoms with Crippen LogP contribution in [0.25, 0.3) is 21.8 Å². The van der Waals surface area contributed by atoms with Crippen molar-refractivity contribution in [3.8, 4) is 0 Å². The molecule has 0 saturated carbocycles. The molecule has 0 aliphatic carbocycles. The summed E-state index contributed by atoms with van der Waals surface area (Å²) >= 11 is 0. The molecule has 98 valence electrons. The largest absolute Gasteiger partial charge is 0.361 e. The minimum absolute atomic E-state index is 0.845. The van der Waals surface area contributed by atoms with Crippen molar-refractivity contribution in [1.29, 1.82) is 0 Å². The zero-order valence-electron chi connectivity index (χ0n) is 11.3. The molecular formula is C17H15N3. The molecule has 3 heteroatoms. The number of H-pyrrole nitrogens is 2.